The minimum Gasteiger partial charge on any atom is -0.497 e. The van der Waals surface area contributed by atoms with Crippen molar-refractivity contribution in [3.8, 4) is 5.75 Å². The first kappa shape index (κ1) is 17.8. The van der Waals surface area contributed by atoms with Crippen LogP contribution in [0.1, 0.15) is 68.9 Å². The highest BCUT2D eigenvalue weighted by Crippen LogP contribution is 2.55. The second-order valence-corrected chi connectivity index (χ2v) is 8.51. The van der Waals surface area contributed by atoms with E-state index in [9.17, 15) is 9.90 Å². The molecule has 4 heteroatoms. The number of amides is 1. The summed E-state index contributed by atoms with van der Waals surface area (Å²) in [6.45, 7) is 0.647. The molecule has 0 aromatic heterocycles. The Labute approximate surface area is 156 Å². The SMILES string of the molecule is COc1ccc2c(c1)[C@@]1(CCNC(=O)C3CCC3)CCCC[C@@]1(O)CC2. The van der Waals surface area contributed by atoms with E-state index in [1.165, 1.54) is 17.5 Å². The summed E-state index contributed by atoms with van der Waals surface area (Å²) in [5.41, 5.74) is 1.66. The third-order valence-electron chi connectivity index (χ3n) is 7.30. The number of ether oxygens (including phenoxy) is 1. The number of aryl methyl sites for hydroxylation is 1. The minimum atomic E-state index is -0.661. The van der Waals surface area contributed by atoms with Crippen LogP contribution in [0.3, 0.4) is 0 Å². The van der Waals surface area contributed by atoms with Gasteiger partial charge in [0.2, 0.25) is 5.91 Å². The molecule has 142 valence electrons. The van der Waals surface area contributed by atoms with Crippen LogP contribution in [0.15, 0.2) is 18.2 Å². The Kier molecular flexibility index (Phi) is 4.72. The van der Waals surface area contributed by atoms with Gasteiger partial charge in [-0.2, -0.15) is 0 Å². The zero-order chi connectivity index (χ0) is 18.2. The standard InChI is InChI=1S/C22H31NO3/c1-26-18-8-7-16-9-12-22(25)11-3-2-10-21(22,19(16)15-18)13-14-23-20(24)17-5-4-6-17/h7-8,15,17,25H,2-6,9-14H2,1H3,(H,23,24)/t21-,22+/m0/s1. The van der Waals surface area contributed by atoms with Crippen LogP contribution >= 0.6 is 0 Å². The number of hydrogen-bond donors (Lipinski definition) is 2. The number of carbonyl (C=O) groups excluding carboxylic acids is 1. The average Bonchev–Trinajstić information content (AvgIpc) is 2.60. The fraction of sp³-hybridized carbons (Fsp3) is 0.682. The summed E-state index contributed by atoms with van der Waals surface area (Å²) in [6.07, 6.45) is 9.86. The van der Waals surface area contributed by atoms with Gasteiger partial charge < -0.3 is 15.2 Å². The molecule has 0 aliphatic heterocycles. The van der Waals surface area contributed by atoms with Crippen molar-refractivity contribution in [2.75, 3.05) is 13.7 Å². The van der Waals surface area contributed by atoms with Gasteiger partial charge in [-0.3, -0.25) is 4.79 Å². The smallest absolute Gasteiger partial charge is 0.223 e. The summed E-state index contributed by atoms with van der Waals surface area (Å²) >= 11 is 0. The monoisotopic (exact) mass is 357 g/mol. The molecule has 1 aromatic carbocycles. The molecule has 1 amide bonds. The van der Waals surface area contributed by atoms with Crippen molar-refractivity contribution >= 4 is 5.91 Å². The van der Waals surface area contributed by atoms with Crippen LogP contribution in [-0.2, 0) is 16.6 Å². The van der Waals surface area contributed by atoms with E-state index in [0.29, 0.717) is 6.54 Å². The molecule has 2 N–H and O–H groups in total. The number of rotatable bonds is 5. The van der Waals surface area contributed by atoms with Crippen LogP contribution in [0, 0.1) is 5.92 Å². The van der Waals surface area contributed by atoms with Crippen LogP contribution in [0.5, 0.6) is 5.75 Å². The Morgan fingerprint density at radius 1 is 1.23 bits per heavy atom. The lowest BCUT2D eigenvalue weighted by Crippen LogP contribution is -2.57. The average molecular weight is 357 g/mol. The van der Waals surface area contributed by atoms with E-state index < -0.39 is 5.60 Å². The lowest BCUT2D eigenvalue weighted by atomic mass is 9.53. The van der Waals surface area contributed by atoms with Crippen molar-refractivity contribution in [1.82, 2.24) is 5.32 Å². The second kappa shape index (κ2) is 6.88. The molecule has 0 bridgehead atoms. The maximum atomic E-state index is 12.3. The molecule has 3 aliphatic rings. The van der Waals surface area contributed by atoms with E-state index >= 15 is 0 Å². The van der Waals surface area contributed by atoms with Crippen molar-refractivity contribution in [2.24, 2.45) is 5.92 Å². The molecule has 3 aliphatic carbocycles. The first-order valence-electron chi connectivity index (χ1n) is 10.3. The van der Waals surface area contributed by atoms with Gasteiger partial charge in [0.15, 0.2) is 0 Å². The normalized spacial score (nSPS) is 30.7. The van der Waals surface area contributed by atoms with E-state index in [1.54, 1.807) is 7.11 Å². The summed E-state index contributed by atoms with van der Waals surface area (Å²) in [7, 11) is 1.70. The van der Waals surface area contributed by atoms with Gasteiger partial charge in [-0.15, -0.1) is 0 Å². The van der Waals surface area contributed by atoms with E-state index in [2.05, 4.69) is 17.4 Å². The third kappa shape index (κ3) is 2.83. The summed E-state index contributed by atoms with van der Waals surface area (Å²) in [5, 5.41) is 14.8. The zero-order valence-electron chi connectivity index (χ0n) is 15.9. The van der Waals surface area contributed by atoms with E-state index in [4.69, 9.17) is 4.74 Å². The third-order valence-corrected chi connectivity index (χ3v) is 7.30. The topological polar surface area (TPSA) is 58.6 Å². The molecular weight excluding hydrogens is 326 g/mol. The summed E-state index contributed by atoms with van der Waals surface area (Å²) in [5.74, 6) is 1.28. The highest BCUT2D eigenvalue weighted by Gasteiger charge is 2.54. The summed E-state index contributed by atoms with van der Waals surface area (Å²) < 4.78 is 5.48. The van der Waals surface area contributed by atoms with E-state index in [0.717, 1.165) is 63.5 Å². The minimum absolute atomic E-state index is 0.202. The van der Waals surface area contributed by atoms with Gasteiger partial charge in [0.25, 0.3) is 0 Å². The Bertz CT molecular complexity index is 684. The van der Waals surface area contributed by atoms with Crippen LogP contribution in [-0.4, -0.2) is 30.3 Å². The Balaban J connectivity index is 1.61. The Hall–Kier alpha value is -1.55. The lowest BCUT2D eigenvalue weighted by Gasteiger charge is -2.55. The molecule has 4 nitrogen and oxygen atoms in total. The predicted octanol–water partition coefficient (Wildman–Crippen LogP) is 3.49. The van der Waals surface area contributed by atoms with Gasteiger partial charge >= 0.3 is 0 Å². The molecular formula is C22H31NO3. The van der Waals surface area contributed by atoms with Gasteiger partial charge in [-0.1, -0.05) is 25.3 Å². The first-order valence-corrected chi connectivity index (χ1v) is 10.3. The molecule has 2 saturated carbocycles. The fourth-order valence-electron chi connectivity index (χ4n) is 5.46. The Morgan fingerprint density at radius 2 is 2.04 bits per heavy atom. The van der Waals surface area contributed by atoms with Crippen molar-refractivity contribution < 1.29 is 14.6 Å². The zero-order valence-corrected chi connectivity index (χ0v) is 15.9. The quantitative estimate of drug-likeness (QED) is 0.848. The van der Waals surface area contributed by atoms with Crippen LogP contribution in [0.4, 0.5) is 0 Å². The van der Waals surface area contributed by atoms with Crippen molar-refractivity contribution in [2.45, 2.75) is 75.2 Å². The maximum absolute atomic E-state index is 12.3. The summed E-state index contributed by atoms with van der Waals surface area (Å²) in [6, 6.07) is 6.33. The fourth-order valence-corrected chi connectivity index (χ4v) is 5.46. The van der Waals surface area contributed by atoms with Crippen molar-refractivity contribution in [3.05, 3.63) is 29.3 Å². The van der Waals surface area contributed by atoms with Crippen LogP contribution in [0.2, 0.25) is 0 Å². The molecule has 0 unspecified atom stereocenters. The first-order chi connectivity index (χ1) is 12.6. The largest absolute Gasteiger partial charge is 0.497 e. The highest BCUT2D eigenvalue weighted by atomic mass is 16.5. The van der Waals surface area contributed by atoms with Crippen molar-refractivity contribution in [3.63, 3.8) is 0 Å². The van der Waals surface area contributed by atoms with Gasteiger partial charge in [-0.05, 0) is 68.2 Å². The molecule has 4 rings (SSSR count). The number of nitrogens with one attached hydrogen (secondary N) is 1. The molecule has 2 atom stereocenters. The molecule has 1 aromatic rings. The lowest BCUT2D eigenvalue weighted by molar-refractivity contribution is -0.128. The summed E-state index contributed by atoms with van der Waals surface area (Å²) in [4.78, 5) is 12.3. The molecule has 0 saturated heterocycles. The molecule has 2 fully saturated rings. The van der Waals surface area contributed by atoms with E-state index in [1.807, 2.05) is 6.07 Å². The number of aliphatic hydroxyl groups is 1. The van der Waals surface area contributed by atoms with Gasteiger partial charge in [0.1, 0.15) is 5.75 Å². The number of carbonyl (C=O) groups is 1. The number of fused-ring (bicyclic) bond motifs is 3. The van der Waals surface area contributed by atoms with Crippen molar-refractivity contribution in [1.29, 1.82) is 0 Å². The highest BCUT2D eigenvalue weighted by molar-refractivity contribution is 5.79. The number of hydrogen-bond acceptors (Lipinski definition) is 3. The van der Waals surface area contributed by atoms with Gasteiger partial charge in [0.05, 0.1) is 12.7 Å². The molecule has 26 heavy (non-hydrogen) atoms. The number of benzene rings is 1. The van der Waals surface area contributed by atoms with Gasteiger partial charge in [0, 0.05) is 17.9 Å². The molecule has 0 spiro atoms. The van der Waals surface area contributed by atoms with E-state index in [-0.39, 0.29) is 17.2 Å². The van der Waals surface area contributed by atoms with Crippen LogP contribution < -0.4 is 10.1 Å². The molecule has 0 radical (unpaired) electrons. The predicted molar refractivity (Wildman–Crippen MR) is 101 cm³/mol. The Morgan fingerprint density at radius 3 is 2.77 bits per heavy atom. The second-order valence-electron chi connectivity index (χ2n) is 8.51. The van der Waals surface area contributed by atoms with Crippen LogP contribution in [0.25, 0.3) is 0 Å². The maximum Gasteiger partial charge on any atom is 0.223 e. The van der Waals surface area contributed by atoms with Gasteiger partial charge in [-0.25, -0.2) is 0 Å². The number of methoxy groups -OCH3 is 1. The molecule has 0 heterocycles.